The molecule has 0 amide bonds. The SMILES string of the molecule is CC1=CC=CC(c2ccccc2C2=CC=CC(C)(C)C=C2)=CC1. The molecule has 0 bridgehead atoms. The Kier molecular flexibility index (Phi) is 4.34. The van der Waals surface area contributed by atoms with E-state index in [-0.39, 0.29) is 5.41 Å². The van der Waals surface area contributed by atoms with Crippen molar-refractivity contribution < 1.29 is 0 Å². The second kappa shape index (κ2) is 6.42. The third-order valence-corrected chi connectivity index (χ3v) is 4.34. The van der Waals surface area contributed by atoms with Crippen molar-refractivity contribution >= 4 is 11.1 Å². The minimum atomic E-state index is 0.107. The van der Waals surface area contributed by atoms with Crippen LogP contribution in [0.15, 0.2) is 84.5 Å². The summed E-state index contributed by atoms with van der Waals surface area (Å²) in [7, 11) is 0. The lowest BCUT2D eigenvalue weighted by Gasteiger charge is -2.14. The molecule has 0 nitrogen and oxygen atoms in total. The molecule has 0 aliphatic heterocycles. The van der Waals surface area contributed by atoms with E-state index in [2.05, 4.69) is 99.7 Å². The van der Waals surface area contributed by atoms with Gasteiger partial charge in [-0.3, -0.25) is 0 Å². The molecule has 1 aromatic rings. The van der Waals surface area contributed by atoms with Gasteiger partial charge in [0.1, 0.15) is 0 Å². The molecule has 0 saturated heterocycles. The van der Waals surface area contributed by atoms with Crippen LogP contribution in [0, 0.1) is 5.41 Å². The largest absolute Gasteiger partial charge is 0.0751 e. The van der Waals surface area contributed by atoms with Crippen LogP contribution >= 0.6 is 0 Å². The molecule has 0 aromatic heterocycles. The molecule has 2 aliphatic carbocycles. The lowest BCUT2D eigenvalue weighted by molar-refractivity contribution is 0.627. The Bertz CT molecular complexity index is 774. The van der Waals surface area contributed by atoms with Gasteiger partial charge < -0.3 is 0 Å². The van der Waals surface area contributed by atoms with Crippen molar-refractivity contribution in [1.82, 2.24) is 0 Å². The first kappa shape index (κ1) is 15.6. The van der Waals surface area contributed by atoms with Crippen LogP contribution in [0.25, 0.3) is 11.1 Å². The van der Waals surface area contributed by atoms with Crippen molar-refractivity contribution in [1.29, 1.82) is 0 Å². The third kappa shape index (κ3) is 3.71. The fourth-order valence-electron chi connectivity index (χ4n) is 2.90. The van der Waals surface area contributed by atoms with Crippen LogP contribution in [0.5, 0.6) is 0 Å². The topological polar surface area (TPSA) is 0 Å². The van der Waals surface area contributed by atoms with Gasteiger partial charge >= 0.3 is 0 Å². The van der Waals surface area contributed by atoms with Crippen molar-refractivity contribution in [3.8, 4) is 0 Å². The van der Waals surface area contributed by atoms with Gasteiger partial charge in [-0.15, -0.1) is 0 Å². The maximum absolute atomic E-state index is 2.33. The van der Waals surface area contributed by atoms with Gasteiger partial charge in [-0.1, -0.05) is 98.4 Å². The monoisotopic (exact) mass is 300 g/mol. The van der Waals surface area contributed by atoms with Gasteiger partial charge in [0.25, 0.3) is 0 Å². The zero-order valence-electron chi connectivity index (χ0n) is 14.2. The zero-order valence-corrected chi connectivity index (χ0v) is 14.2. The average Bonchev–Trinajstić information content (AvgIpc) is 2.85. The van der Waals surface area contributed by atoms with Gasteiger partial charge in [0, 0.05) is 5.41 Å². The molecule has 0 spiro atoms. The van der Waals surface area contributed by atoms with E-state index in [0.29, 0.717) is 0 Å². The van der Waals surface area contributed by atoms with E-state index in [0.717, 1.165) is 6.42 Å². The average molecular weight is 300 g/mol. The molecule has 0 saturated carbocycles. The Morgan fingerprint density at radius 3 is 2.35 bits per heavy atom. The molecular formula is C23H24. The molecule has 0 radical (unpaired) electrons. The Morgan fingerprint density at radius 2 is 1.57 bits per heavy atom. The van der Waals surface area contributed by atoms with Gasteiger partial charge in [0.15, 0.2) is 0 Å². The number of allylic oxidation sites excluding steroid dienone is 12. The molecule has 0 heterocycles. The van der Waals surface area contributed by atoms with Crippen molar-refractivity contribution in [2.45, 2.75) is 27.2 Å². The van der Waals surface area contributed by atoms with Gasteiger partial charge in [0.05, 0.1) is 0 Å². The summed E-state index contributed by atoms with van der Waals surface area (Å²) in [6.07, 6.45) is 21.1. The summed E-state index contributed by atoms with van der Waals surface area (Å²) in [4.78, 5) is 0. The molecule has 23 heavy (non-hydrogen) atoms. The van der Waals surface area contributed by atoms with E-state index < -0.39 is 0 Å². The predicted octanol–water partition coefficient (Wildman–Crippen LogP) is 6.51. The number of rotatable bonds is 2. The Balaban J connectivity index is 2.03. The second-order valence-electron chi connectivity index (χ2n) is 6.92. The minimum absolute atomic E-state index is 0.107. The Labute approximate surface area is 139 Å². The number of hydrogen-bond donors (Lipinski definition) is 0. The summed E-state index contributed by atoms with van der Waals surface area (Å²) in [5, 5.41) is 0. The van der Waals surface area contributed by atoms with Crippen molar-refractivity contribution in [2.75, 3.05) is 0 Å². The van der Waals surface area contributed by atoms with Gasteiger partial charge in [-0.25, -0.2) is 0 Å². The highest BCUT2D eigenvalue weighted by molar-refractivity contribution is 5.87. The van der Waals surface area contributed by atoms with E-state index in [9.17, 15) is 0 Å². The summed E-state index contributed by atoms with van der Waals surface area (Å²) in [6.45, 7) is 6.64. The molecule has 116 valence electrons. The number of benzene rings is 1. The van der Waals surface area contributed by atoms with E-state index in [1.807, 2.05) is 0 Å². The van der Waals surface area contributed by atoms with Crippen LogP contribution in [0.1, 0.15) is 38.3 Å². The molecule has 2 aliphatic rings. The van der Waals surface area contributed by atoms with E-state index in [4.69, 9.17) is 0 Å². The molecule has 0 N–H and O–H groups in total. The van der Waals surface area contributed by atoms with Crippen LogP contribution in [0.4, 0.5) is 0 Å². The highest BCUT2D eigenvalue weighted by Gasteiger charge is 2.13. The summed E-state index contributed by atoms with van der Waals surface area (Å²) < 4.78 is 0. The highest BCUT2D eigenvalue weighted by Crippen LogP contribution is 2.32. The molecule has 0 unspecified atom stereocenters. The van der Waals surface area contributed by atoms with Crippen molar-refractivity contribution in [2.24, 2.45) is 5.41 Å². The summed E-state index contributed by atoms with van der Waals surface area (Å²) >= 11 is 0. The summed E-state index contributed by atoms with van der Waals surface area (Å²) in [5.41, 5.74) is 6.67. The van der Waals surface area contributed by atoms with Gasteiger partial charge in [0.2, 0.25) is 0 Å². The molecular weight excluding hydrogens is 276 g/mol. The fourth-order valence-corrected chi connectivity index (χ4v) is 2.90. The lowest BCUT2D eigenvalue weighted by Crippen LogP contribution is -2.00. The van der Waals surface area contributed by atoms with Crippen molar-refractivity contribution in [3.63, 3.8) is 0 Å². The van der Waals surface area contributed by atoms with Gasteiger partial charge in [-0.2, -0.15) is 0 Å². The Hall–Kier alpha value is -2.34. The quantitative estimate of drug-likeness (QED) is 0.584. The van der Waals surface area contributed by atoms with Crippen LogP contribution in [-0.2, 0) is 0 Å². The first-order valence-electron chi connectivity index (χ1n) is 8.28. The fraction of sp³-hybridized carbons (Fsp3) is 0.217. The van der Waals surface area contributed by atoms with E-state index in [1.165, 1.54) is 27.8 Å². The van der Waals surface area contributed by atoms with E-state index in [1.54, 1.807) is 0 Å². The Morgan fingerprint density at radius 1 is 0.826 bits per heavy atom. The predicted molar refractivity (Wildman–Crippen MR) is 102 cm³/mol. The molecule has 0 heteroatoms. The highest BCUT2D eigenvalue weighted by atomic mass is 14.2. The minimum Gasteiger partial charge on any atom is -0.0751 e. The molecule has 0 fully saturated rings. The van der Waals surface area contributed by atoms with Crippen LogP contribution < -0.4 is 0 Å². The van der Waals surface area contributed by atoms with Crippen LogP contribution in [-0.4, -0.2) is 0 Å². The number of hydrogen-bond acceptors (Lipinski definition) is 0. The molecule has 0 atom stereocenters. The second-order valence-corrected chi connectivity index (χ2v) is 6.92. The zero-order chi connectivity index (χ0) is 16.3. The molecule has 3 rings (SSSR count). The van der Waals surface area contributed by atoms with E-state index >= 15 is 0 Å². The smallest absolute Gasteiger partial charge is 0.00109 e. The van der Waals surface area contributed by atoms with Gasteiger partial charge in [-0.05, 0) is 35.6 Å². The maximum Gasteiger partial charge on any atom is 0.00109 e. The van der Waals surface area contributed by atoms with Crippen molar-refractivity contribution in [3.05, 3.63) is 95.6 Å². The third-order valence-electron chi connectivity index (χ3n) is 4.34. The standard InChI is InChI=1S/C23H24/c1-18-8-6-9-19(14-13-18)21-11-4-5-12-22(21)20-10-7-16-23(2,3)17-15-20/h4-12,14-17H,13H2,1-3H3. The molecule has 1 aromatic carbocycles. The lowest BCUT2D eigenvalue weighted by atomic mass is 9.91. The first-order chi connectivity index (χ1) is 11.1. The maximum atomic E-state index is 2.33. The normalized spacial score (nSPS) is 19.5. The van der Waals surface area contributed by atoms with Crippen LogP contribution in [0.3, 0.4) is 0 Å². The van der Waals surface area contributed by atoms with Crippen LogP contribution in [0.2, 0.25) is 0 Å². The summed E-state index contributed by atoms with van der Waals surface area (Å²) in [5.74, 6) is 0. The summed E-state index contributed by atoms with van der Waals surface area (Å²) in [6, 6.07) is 8.69. The first-order valence-corrected chi connectivity index (χ1v) is 8.28.